The number of rotatable bonds is 3. The molecule has 108 valence electrons. The molecule has 1 heterocycles. The Balaban J connectivity index is 1.49. The van der Waals surface area contributed by atoms with Crippen molar-refractivity contribution in [2.24, 2.45) is 0 Å². The second-order valence-corrected chi connectivity index (χ2v) is 4.70. The Morgan fingerprint density at radius 3 is 2.57 bits per heavy atom. The Morgan fingerprint density at radius 2 is 1.76 bits per heavy atom. The van der Waals surface area contributed by atoms with Crippen molar-refractivity contribution in [3.63, 3.8) is 0 Å². The topological polar surface area (TPSA) is 59.6 Å². The van der Waals surface area contributed by atoms with Crippen LogP contribution in [-0.2, 0) is 0 Å². The summed E-state index contributed by atoms with van der Waals surface area (Å²) >= 11 is 0. The summed E-state index contributed by atoms with van der Waals surface area (Å²) in [5, 5.41) is 5.53. The van der Waals surface area contributed by atoms with Crippen LogP contribution in [0.5, 0.6) is 11.5 Å². The molecule has 0 fully saturated rings. The second kappa shape index (κ2) is 6.17. The van der Waals surface area contributed by atoms with Crippen LogP contribution in [-0.4, -0.2) is 25.3 Å². The molecule has 1 atom stereocenters. The summed E-state index contributed by atoms with van der Waals surface area (Å²) in [6.07, 6.45) is -0.193. The third-order valence-corrected chi connectivity index (χ3v) is 3.09. The number of urea groups is 1. The predicted octanol–water partition coefficient (Wildman–Crippen LogP) is 2.65. The molecule has 21 heavy (non-hydrogen) atoms. The maximum Gasteiger partial charge on any atom is 0.319 e. The predicted molar refractivity (Wildman–Crippen MR) is 79.8 cm³/mol. The van der Waals surface area contributed by atoms with Crippen LogP contribution in [0.1, 0.15) is 0 Å². The molecule has 5 nitrogen and oxygen atoms in total. The van der Waals surface area contributed by atoms with E-state index in [1.165, 1.54) is 0 Å². The molecule has 0 bridgehead atoms. The van der Waals surface area contributed by atoms with Gasteiger partial charge in [-0.1, -0.05) is 30.3 Å². The van der Waals surface area contributed by atoms with Gasteiger partial charge in [-0.05, 0) is 24.3 Å². The van der Waals surface area contributed by atoms with E-state index in [2.05, 4.69) is 10.6 Å². The van der Waals surface area contributed by atoms with Gasteiger partial charge in [-0.15, -0.1) is 0 Å². The van der Waals surface area contributed by atoms with E-state index in [9.17, 15) is 4.79 Å². The number of hydrogen-bond acceptors (Lipinski definition) is 3. The SMILES string of the molecule is O=C(NC[C@@H]1COc2ccccc2O1)Nc1ccccc1. The van der Waals surface area contributed by atoms with Crippen LogP contribution in [0.25, 0.3) is 0 Å². The molecule has 0 spiro atoms. The first kappa shape index (κ1) is 13.3. The zero-order valence-electron chi connectivity index (χ0n) is 11.4. The summed E-state index contributed by atoms with van der Waals surface area (Å²) < 4.78 is 11.4. The van der Waals surface area contributed by atoms with Gasteiger partial charge >= 0.3 is 6.03 Å². The number of amides is 2. The molecule has 2 N–H and O–H groups in total. The lowest BCUT2D eigenvalue weighted by atomic mass is 10.2. The molecular weight excluding hydrogens is 268 g/mol. The zero-order chi connectivity index (χ0) is 14.5. The number of hydrogen-bond donors (Lipinski definition) is 2. The van der Waals surface area contributed by atoms with E-state index in [0.29, 0.717) is 18.9 Å². The molecule has 0 aromatic heterocycles. The van der Waals surface area contributed by atoms with Gasteiger partial charge in [-0.3, -0.25) is 0 Å². The van der Waals surface area contributed by atoms with E-state index < -0.39 is 0 Å². The lowest BCUT2D eigenvalue weighted by molar-refractivity contribution is 0.0922. The van der Waals surface area contributed by atoms with Crippen molar-refractivity contribution < 1.29 is 14.3 Å². The fraction of sp³-hybridized carbons (Fsp3) is 0.188. The summed E-state index contributed by atoms with van der Waals surface area (Å²) in [5.41, 5.74) is 0.751. The maximum absolute atomic E-state index is 11.8. The molecule has 1 aliphatic rings. The van der Waals surface area contributed by atoms with Crippen molar-refractivity contribution in [1.82, 2.24) is 5.32 Å². The highest BCUT2D eigenvalue weighted by Gasteiger charge is 2.20. The van der Waals surface area contributed by atoms with E-state index >= 15 is 0 Å². The van der Waals surface area contributed by atoms with Gasteiger partial charge in [0.25, 0.3) is 0 Å². The van der Waals surface area contributed by atoms with E-state index in [-0.39, 0.29) is 12.1 Å². The van der Waals surface area contributed by atoms with Crippen LogP contribution in [0.4, 0.5) is 10.5 Å². The Hall–Kier alpha value is -2.69. The van der Waals surface area contributed by atoms with Crippen LogP contribution in [0.15, 0.2) is 54.6 Å². The van der Waals surface area contributed by atoms with Gasteiger partial charge in [0.2, 0.25) is 0 Å². The third kappa shape index (κ3) is 3.45. The molecule has 3 rings (SSSR count). The van der Waals surface area contributed by atoms with Crippen molar-refractivity contribution in [2.75, 3.05) is 18.5 Å². The highest BCUT2D eigenvalue weighted by molar-refractivity contribution is 5.89. The lowest BCUT2D eigenvalue weighted by Crippen LogP contribution is -2.42. The number of fused-ring (bicyclic) bond motifs is 1. The van der Waals surface area contributed by atoms with Crippen molar-refractivity contribution in [1.29, 1.82) is 0 Å². The van der Waals surface area contributed by atoms with Crippen LogP contribution < -0.4 is 20.1 Å². The fourth-order valence-electron chi connectivity index (χ4n) is 2.07. The Bertz CT molecular complexity index is 616. The first-order chi connectivity index (χ1) is 10.3. The Morgan fingerprint density at radius 1 is 1.05 bits per heavy atom. The molecular formula is C16H16N2O3. The van der Waals surface area contributed by atoms with Gasteiger partial charge in [0.1, 0.15) is 6.61 Å². The number of carbonyl (C=O) groups excluding carboxylic acids is 1. The van der Waals surface area contributed by atoms with Crippen LogP contribution >= 0.6 is 0 Å². The summed E-state index contributed by atoms with van der Waals surface area (Å²) in [4.78, 5) is 11.8. The maximum atomic E-state index is 11.8. The quantitative estimate of drug-likeness (QED) is 0.911. The van der Waals surface area contributed by atoms with Crippen molar-refractivity contribution in [3.8, 4) is 11.5 Å². The number of para-hydroxylation sites is 3. The average Bonchev–Trinajstić information content (AvgIpc) is 2.54. The van der Waals surface area contributed by atoms with Gasteiger partial charge in [0.15, 0.2) is 17.6 Å². The number of nitrogens with one attached hydrogen (secondary N) is 2. The van der Waals surface area contributed by atoms with Gasteiger partial charge in [0, 0.05) is 5.69 Å². The van der Waals surface area contributed by atoms with Gasteiger partial charge < -0.3 is 20.1 Å². The second-order valence-electron chi connectivity index (χ2n) is 4.70. The Kier molecular flexibility index (Phi) is 3.91. The highest BCUT2D eigenvalue weighted by atomic mass is 16.6. The van der Waals surface area contributed by atoms with Gasteiger partial charge in [0.05, 0.1) is 6.54 Å². The minimum absolute atomic E-state index is 0.193. The third-order valence-electron chi connectivity index (χ3n) is 3.09. The number of anilines is 1. The Labute approximate surface area is 122 Å². The summed E-state index contributed by atoms with van der Waals surface area (Å²) in [6.45, 7) is 0.801. The molecule has 0 unspecified atom stereocenters. The average molecular weight is 284 g/mol. The minimum atomic E-state index is -0.261. The normalized spacial score (nSPS) is 16.1. The standard InChI is InChI=1S/C16H16N2O3/c19-16(18-12-6-2-1-3-7-12)17-10-13-11-20-14-8-4-5-9-15(14)21-13/h1-9,13H,10-11H2,(H2,17,18,19)/t13-/m1/s1. The molecule has 0 aliphatic carbocycles. The molecule has 0 saturated carbocycles. The lowest BCUT2D eigenvalue weighted by Gasteiger charge is -2.26. The summed E-state index contributed by atoms with van der Waals surface area (Å²) in [7, 11) is 0. The number of benzene rings is 2. The van der Waals surface area contributed by atoms with Crippen molar-refractivity contribution >= 4 is 11.7 Å². The van der Waals surface area contributed by atoms with E-state index in [1.54, 1.807) is 0 Å². The molecule has 2 aromatic carbocycles. The van der Waals surface area contributed by atoms with Gasteiger partial charge in [-0.2, -0.15) is 0 Å². The van der Waals surface area contributed by atoms with Gasteiger partial charge in [-0.25, -0.2) is 4.79 Å². The molecule has 2 amide bonds. The van der Waals surface area contributed by atoms with E-state index in [4.69, 9.17) is 9.47 Å². The number of carbonyl (C=O) groups is 1. The van der Waals surface area contributed by atoms with Crippen LogP contribution in [0.2, 0.25) is 0 Å². The molecule has 0 radical (unpaired) electrons. The highest BCUT2D eigenvalue weighted by Crippen LogP contribution is 2.30. The van der Waals surface area contributed by atoms with Crippen molar-refractivity contribution in [3.05, 3.63) is 54.6 Å². The molecule has 1 aliphatic heterocycles. The van der Waals surface area contributed by atoms with Crippen LogP contribution in [0.3, 0.4) is 0 Å². The first-order valence-electron chi connectivity index (χ1n) is 6.79. The fourth-order valence-corrected chi connectivity index (χ4v) is 2.07. The molecule has 2 aromatic rings. The largest absolute Gasteiger partial charge is 0.486 e. The monoisotopic (exact) mass is 284 g/mol. The number of ether oxygens (including phenoxy) is 2. The summed E-state index contributed by atoms with van der Waals surface area (Å²) in [6, 6.07) is 16.5. The van der Waals surface area contributed by atoms with E-state index in [1.807, 2.05) is 54.6 Å². The van der Waals surface area contributed by atoms with Crippen molar-refractivity contribution in [2.45, 2.75) is 6.10 Å². The van der Waals surface area contributed by atoms with Crippen LogP contribution in [0, 0.1) is 0 Å². The molecule has 0 saturated heterocycles. The smallest absolute Gasteiger partial charge is 0.319 e. The zero-order valence-corrected chi connectivity index (χ0v) is 11.4. The van der Waals surface area contributed by atoms with E-state index in [0.717, 1.165) is 11.4 Å². The minimum Gasteiger partial charge on any atom is -0.486 e. The first-order valence-corrected chi connectivity index (χ1v) is 6.79. The molecule has 5 heteroatoms. The summed E-state index contributed by atoms with van der Waals surface area (Å²) in [5.74, 6) is 1.45.